The summed E-state index contributed by atoms with van der Waals surface area (Å²) in [7, 11) is 0. The standard InChI is InChI=1S/C27H30FN3O5/c1-15-12-17(9-11-30(15)26(35)36-27(3,4)5)24(32)23-16(2)31(22-14-29-10-8-19(22)23)21-7-6-18(28)13-20(21)25(33)34/h6-8,10,13-15,17H,9,11-12H2,1-5H3,(H,33,34)/t15-,17+/m0/s1. The summed E-state index contributed by atoms with van der Waals surface area (Å²) in [5, 5.41) is 10.3. The molecule has 2 aromatic heterocycles. The molecule has 0 aliphatic carbocycles. The Morgan fingerprint density at radius 2 is 1.92 bits per heavy atom. The molecular formula is C27H30FN3O5. The maximum atomic E-state index is 13.9. The zero-order valence-corrected chi connectivity index (χ0v) is 21.0. The third kappa shape index (κ3) is 4.69. The molecule has 36 heavy (non-hydrogen) atoms. The molecule has 0 bridgehead atoms. The molecule has 0 radical (unpaired) electrons. The lowest BCUT2D eigenvalue weighted by Crippen LogP contribution is -2.48. The number of carbonyl (C=O) groups is 3. The van der Waals surface area contributed by atoms with Gasteiger partial charge in [-0.2, -0.15) is 0 Å². The minimum atomic E-state index is -1.27. The number of carboxylic acid groups (broad SMARTS) is 1. The fourth-order valence-electron chi connectivity index (χ4n) is 4.97. The van der Waals surface area contributed by atoms with Crippen LogP contribution >= 0.6 is 0 Å². The molecule has 1 amide bonds. The van der Waals surface area contributed by atoms with E-state index in [9.17, 15) is 23.9 Å². The number of benzene rings is 1. The van der Waals surface area contributed by atoms with Crippen molar-refractivity contribution in [2.45, 2.75) is 59.1 Å². The summed E-state index contributed by atoms with van der Waals surface area (Å²) < 4.78 is 21.0. The molecule has 0 unspecified atom stereocenters. The number of piperidine rings is 1. The molecule has 1 aromatic carbocycles. The highest BCUT2D eigenvalue weighted by Crippen LogP contribution is 2.35. The van der Waals surface area contributed by atoms with Crippen LogP contribution in [0.4, 0.5) is 9.18 Å². The van der Waals surface area contributed by atoms with Crippen molar-refractivity contribution in [3.05, 3.63) is 59.3 Å². The zero-order valence-electron chi connectivity index (χ0n) is 21.0. The van der Waals surface area contributed by atoms with Crippen LogP contribution in [0.1, 0.15) is 66.9 Å². The van der Waals surface area contributed by atoms with Gasteiger partial charge in [0, 0.05) is 41.3 Å². The number of ketones is 1. The van der Waals surface area contributed by atoms with Crippen LogP contribution in [0, 0.1) is 18.7 Å². The van der Waals surface area contributed by atoms with Crippen molar-refractivity contribution >= 4 is 28.7 Å². The summed E-state index contributed by atoms with van der Waals surface area (Å²) in [4.78, 5) is 44.2. The molecule has 190 valence electrons. The van der Waals surface area contributed by atoms with Crippen molar-refractivity contribution < 1.29 is 28.6 Å². The van der Waals surface area contributed by atoms with Crippen LogP contribution < -0.4 is 0 Å². The maximum Gasteiger partial charge on any atom is 0.410 e. The lowest BCUT2D eigenvalue weighted by Gasteiger charge is -2.37. The Balaban J connectivity index is 1.71. The monoisotopic (exact) mass is 495 g/mol. The Morgan fingerprint density at radius 3 is 2.56 bits per heavy atom. The van der Waals surface area contributed by atoms with Crippen LogP contribution in [0.5, 0.6) is 0 Å². The molecule has 3 aromatic rings. The quantitative estimate of drug-likeness (QED) is 0.487. The molecule has 1 aliphatic heterocycles. The smallest absolute Gasteiger partial charge is 0.410 e. The number of nitrogens with zero attached hydrogens (tertiary/aromatic N) is 3. The minimum absolute atomic E-state index is 0.0721. The summed E-state index contributed by atoms with van der Waals surface area (Å²) in [5.41, 5.74) is 1.04. The van der Waals surface area contributed by atoms with Gasteiger partial charge in [0.1, 0.15) is 11.4 Å². The average Bonchev–Trinajstić information content (AvgIpc) is 3.08. The van der Waals surface area contributed by atoms with Gasteiger partial charge in [-0.15, -0.1) is 0 Å². The Labute approximate surface area is 208 Å². The molecule has 9 heteroatoms. The summed E-state index contributed by atoms with van der Waals surface area (Å²) in [6.07, 6.45) is 3.72. The molecule has 4 rings (SSSR count). The fraction of sp³-hybridized carbons (Fsp3) is 0.407. The van der Waals surface area contributed by atoms with E-state index in [0.717, 1.165) is 6.07 Å². The Morgan fingerprint density at radius 1 is 1.19 bits per heavy atom. The van der Waals surface area contributed by atoms with Gasteiger partial charge < -0.3 is 19.3 Å². The SMILES string of the molecule is Cc1c(C(=O)[C@@H]2CCN(C(=O)OC(C)(C)C)[C@@H](C)C2)c2ccncc2n1-c1ccc(F)cc1C(=O)O. The highest BCUT2D eigenvalue weighted by Gasteiger charge is 2.36. The van der Waals surface area contributed by atoms with Gasteiger partial charge in [0.15, 0.2) is 5.78 Å². The van der Waals surface area contributed by atoms with Gasteiger partial charge in [-0.05, 0) is 71.7 Å². The second-order valence-corrected chi connectivity index (χ2v) is 10.3. The number of likely N-dealkylation sites (tertiary alicyclic amines) is 1. The van der Waals surface area contributed by atoms with Gasteiger partial charge in [-0.3, -0.25) is 9.78 Å². The third-order valence-corrected chi connectivity index (χ3v) is 6.56. The number of carboxylic acids is 1. The second-order valence-electron chi connectivity index (χ2n) is 10.3. The number of aromatic carboxylic acids is 1. The van der Waals surface area contributed by atoms with Crippen LogP contribution in [0.15, 0.2) is 36.7 Å². The Bertz CT molecular complexity index is 1360. The van der Waals surface area contributed by atoms with Gasteiger partial charge in [0.05, 0.1) is 23.0 Å². The van der Waals surface area contributed by atoms with Gasteiger partial charge in [0.2, 0.25) is 0 Å². The molecule has 8 nitrogen and oxygen atoms in total. The van der Waals surface area contributed by atoms with E-state index in [0.29, 0.717) is 41.5 Å². The lowest BCUT2D eigenvalue weighted by atomic mass is 9.85. The van der Waals surface area contributed by atoms with Crippen molar-refractivity contribution in [1.82, 2.24) is 14.5 Å². The van der Waals surface area contributed by atoms with Crippen molar-refractivity contribution in [3.63, 3.8) is 0 Å². The number of carbonyl (C=O) groups excluding carboxylic acids is 2. The summed E-state index contributed by atoms with van der Waals surface area (Å²) >= 11 is 0. The molecule has 1 aliphatic rings. The average molecular weight is 496 g/mol. The number of hydrogen-bond donors (Lipinski definition) is 1. The predicted molar refractivity (Wildman–Crippen MR) is 132 cm³/mol. The first-order chi connectivity index (χ1) is 16.9. The van der Waals surface area contributed by atoms with Crippen LogP contribution in [-0.2, 0) is 4.74 Å². The van der Waals surface area contributed by atoms with Crippen molar-refractivity contribution in [3.8, 4) is 5.69 Å². The first kappa shape index (κ1) is 25.3. The van der Waals surface area contributed by atoms with Gasteiger partial charge in [-0.1, -0.05) is 0 Å². The van der Waals surface area contributed by atoms with Gasteiger partial charge in [0.25, 0.3) is 0 Å². The third-order valence-electron chi connectivity index (χ3n) is 6.56. The Kier molecular flexibility index (Phi) is 6.60. The number of aromatic nitrogens is 2. The molecule has 0 saturated carbocycles. The largest absolute Gasteiger partial charge is 0.478 e. The van der Waals surface area contributed by atoms with Crippen LogP contribution in [0.3, 0.4) is 0 Å². The zero-order chi connectivity index (χ0) is 26.4. The summed E-state index contributed by atoms with van der Waals surface area (Å²) in [6, 6.07) is 5.10. The first-order valence-corrected chi connectivity index (χ1v) is 11.9. The molecule has 3 heterocycles. The Hall–Kier alpha value is -3.75. The number of amides is 1. The fourth-order valence-corrected chi connectivity index (χ4v) is 4.97. The number of Topliss-reactive ketones (excluding diaryl/α,β-unsaturated/α-hetero) is 1. The van der Waals surface area contributed by atoms with Crippen LogP contribution in [0.25, 0.3) is 16.6 Å². The molecular weight excluding hydrogens is 465 g/mol. The van der Waals surface area contributed by atoms with Crippen LogP contribution in [-0.4, -0.2) is 55.6 Å². The molecule has 1 N–H and O–H groups in total. The van der Waals surface area contributed by atoms with Gasteiger partial charge >= 0.3 is 12.1 Å². The van der Waals surface area contributed by atoms with E-state index in [1.807, 2.05) is 27.7 Å². The topological polar surface area (TPSA) is 102 Å². The number of halogens is 1. The van der Waals surface area contributed by atoms with Crippen molar-refractivity contribution in [1.29, 1.82) is 0 Å². The highest BCUT2D eigenvalue weighted by atomic mass is 19.1. The van der Waals surface area contributed by atoms with E-state index < -0.39 is 23.5 Å². The number of pyridine rings is 1. The molecule has 0 spiro atoms. The highest BCUT2D eigenvalue weighted by molar-refractivity contribution is 6.11. The van der Waals surface area contributed by atoms with Crippen molar-refractivity contribution in [2.75, 3.05) is 6.54 Å². The van der Waals surface area contributed by atoms with E-state index in [2.05, 4.69) is 4.98 Å². The minimum Gasteiger partial charge on any atom is -0.478 e. The number of ether oxygens (including phenoxy) is 1. The van der Waals surface area contributed by atoms with E-state index >= 15 is 0 Å². The molecule has 1 fully saturated rings. The number of rotatable bonds is 4. The second kappa shape index (κ2) is 9.37. The summed E-state index contributed by atoms with van der Waals surface area (Å²) in [5.74, 6) is -2.33. The number of hydrogen-bond acceptors (Lipinski definition) is 5. The molecule has 2 atom stereocenters. The predicted octanol–water partition coefficient (Wildman–Crippen LogP) is 5.39. The van der Waals surface area contributed by atoms with Gasteiger partial charge in [-0.25, -0.2) is 14.0 Å². The van der Waals surface area contributed by atoms with Crippen molar-refractivity contribution in [2.24, 2.45) is 5.92 Å². The van der Waals surface area contributed by atoms with E-state index in [4.69, 9.17) is 4.74 Å². The maximum absolute atomic E-state index is 13.9. The number of fused-ring (bicyclic) bond motifs is 1. The lowest BCUT2D eigenvalue weighted by molar-refractivity contribution is 0.00734. The molecule has 1 saturated heterocycles. The first-order valence-electron chi connectivity index (χ1n) is 11.9. The van der Waals surface area contributed by atoms with Crippen LogP contribution in [0.2, 0.25) is 0 Å². The summed E-state index contributed by atoms with van der Waals surface area (Å²) in [6.45, 7) is 9.50. The van der Waals surface area contributed by atoms with E-state index in [1.54, 1.807) is 34.9 Å². The normalized spacial score (nSPS) is 18.3. The van der Waals surface area contributed by atoms with E-state index in [-0.39, 0.29) is 29.0 Å². The van der Waals surface area contributed by atoms with E-state index in [1.165, 1.54) is 12.1 Å².